The summed E-state index contributed by atoms with van der Waals surface area (Å²) in [7, 11) is 1.58. The van der Waals surface area contributed by atoms with Gasteiger partial charge in [-0.25, -0.2) is 4.98 Å². The van der Waals surface area contributed by atoms with Gasteiger partial charge in [0, 0.05) is 5.56 Å². The van der Waals surface area contributed by atoms with Crippen LogP contribution < -0.4 is 14.4 Å². The van der Waals surface area contributed by atoms with E-state index in [0.29, 0.717) is 39.9 Å². The molecule has 0 radical (unpaired) electrons. The Bertz CT molecular complexity index is 1490. The molecule has 1 atom stereocenters. The van der Waals surface area contributed by atoms with Crippen LogP contribution in [0.25, 0.3) is 16.0 Å². The molecular formula is C28H22N2O5S. The zero-order valence-corrected chi connectivity index (χ0v) is 20.2. The number of ketones is 1. The van der Waals surface area contributed by atoms with Crippen molar-refractivity contribution in [1.82, 2.24) is 4.98 Å². The molecule has 1 aromatic heterocycles. The second kappa shape index (κ2) is 9.67. The fourth-order valence-electron chi connectivity index (χ4n) is 4.12. The number of aliphatic hydroxyl groups is 1. The number of hydrogen-bond donors (Lipinski definition) is 1. The van der Waals surface area contributed by atoms with Gasteiger partial charge in [0.05, 0.1) is 28.9 Å². The van der Waals surface area contributed by atoms with E-state index in [1.165, 1.54) is 16.2 Å². The molecule has 0 spiro atoms. The molecule has 1 fully saturated rings. The predicted octanol–water partition coefficient (Wildman–Crippen LogP) is 5.50. The SMILES string of the molecule is C=CCOc1ccc(C2C(=C(O)c3ccccc3)C(=O)C(=O)N2c2nc3ccc(OC)cc3s2)cc1. The molecule has 1 aliphatic heterocycles. The third kappa shape index (κ3) is 4.12. The van der Waals surface area contributed by atoms with Crippen molar-refractivity contribution < 1.29 is 24.2 Å². The molecule has 1 unspecified atom stereocenters. The summed E-state index contributed by atoms with van der Waals surface area (Å²) >= 11 is 1.27. The normalized spacial score (nSPS) is 16.9. The van der Waals surface area contributed by atoms with Gasteiger partial charge in [0.25, 0.3) is 5.78 Å². The Hall–Kier alpha value is -4.43. The molecule has 8 heteroatoms. The van der Waals surface area contributed by atoms with E-state index < -0.39 is 17.7 Å². The zero-order chi connectivity index (χ0) is 25.2. The molecule has 1 amide bonds. The average Bonchev–Trinajstić information content (AvgIpc) is 3.45. The Morgan fingerprint density at radius 1 is 1.08 bits per heavy atom. The van der Waals surface area contributed by atoms with Gasteiger partial charge in [0.2, 0.25) is 0 Å². The van der Waals surface area contributed by atoms with Crippen molar-refractivity contribution in [1.29, 1.82) is 0 Å². The lowest BCUT2D eigenvalue weighted by molar-refractivity contribution is -0.132. The Labute approximate surface area is 211 Å². The first-order valence-electron chi connectivity index (χ1n) is 11.2. The van der Waals surface area contributed by atoms with Crippen LogP contribution in [0.5, 0.6) is 11.5 Å². The minimum atomic E-state index is -0.874. The highest BCUT2D eigenvalue weighted by atomic mass is 32.1. The minimum absolute atomic E-state index is 0.00259. The molecule has 1 N–H and O–H groups in total. The third-order valence-electron chi connectivity index (χ3n) is 5.85. The fourth-order valence-corrected chi connectivity index (χ4v) is 5.14. The highest BCUT2D eigenvalue weighted by Crippen LogP contribution is 2.44. The topological polar surface area (TPSA) is 89.0 Å². The largest absolute Gasteiger partial charge is 0.507 e. The summed E-state index contributed by atoms with van der Waals surface area (Å²) < 4.78 is 11.7. The minimum Gasteiger partial charge on any atom is -0.507 e. The first kappa shape index (κ1) is 23.3. The lowest BCUT2D eigenvalue weighted by Crippen LogP contribution is -2.29. The van der Waals surface area contributed by atoms with Gasteiger partial charge in [-0.2, -0.15) is 0 Å². The Morgan fingerprint density at radius 2 is 1.81 bits per heavy atom. The Kier molecular flexibility index (Phi) is 6.26. The van der Waals surface area contributed by atoms with E-state index in [-0.39, 0.29) is 11.3 Å². The molecule has 0 bridgehead atoms. The van der Waals surface area contributed by atoms with Crippen molar-refractivity contribution in [3.05, 3.63) is 102 Å². The van der Waals surface area contributed by atoms with Gasteiger partial charge < -0.3 is 14.6 Å². The number of rotatable bonds is 7. The second-order valence-electron chi connectivity index (χ2n) is 8.03. The quantitative estimate of drug-likeness (QED) is 0.157. The first-order valence-corrected chi connectivity index (χ1v) is 12.0. The smallest absolute Gasteiger partial charge is 0.301 e. The van der Waals surface area contributed by atoms with Crippen LogP contribution in [0, 0.1) is 0 Å². The maximum Gasteiger partial charge on any atom is 0.301 e. The van der Waals surface area contributed by atoms with Gasteiger partial charge >= 0.3 is 5.91 Å². The number of anilines is 1. The molecule has 0 saturated carbocycles. The number of ether oxygens (including phenoxy) is 2. The van der Waals surface area contributed by atoms with Gasteiger partial charge in [0.15, 0.2) is 5.13 Å². The summed E-state index contributed by atoms with van der Waals surface area (Å²) in [6.07, 6.45) is 1.64. The number of hydrogen-bond acceptors (Lipinski definition) is 7. The van der Waals surface area contributed by atoms with Crippen LogP contribution in [0.15, 0.2) is 91.0 Å². The van der Waals surface area contributed by atoms with Crippen molar-refractivity contribution in [3.63, 3.8) is 0 Å². The molecule has 1 saturated heterocycles. The maximum atomic E-state index is 13.4. The van der Waals surface area contributed by atoms with Crippen LogP contribution in [-0.2, 0) is 9.59 Å². The standard InChI is InChI=1S/C28H22N2O5S/c1-3-15-35-19-11-9-17(10-12-19)24-23(25(31)18-7-5-4-6-8-18)26(32)27(33)30(24)28-29-21-14-13-20(34-2)16-22(21)36-28/h3-14,16,24,31H,1,15H2,2H3. The summed E-state index contributed by atoms with van der Waals surface area (Å²) in [6, 6.07) is 20.3. The summed E-state index contributed by atoms with van der Waals surface area (Å²) in [5.41, 5.74) is 1.76. The molecule has 3 aromatic carbocycles. The van der Waals surface area contributed by atoms with Crippen LogP contribution >= 0.6 is 11.3 Å². The predicted molar refractivity (Wildman–Crippen MR) is 140 cm³/mol. The maximum absolute atomic E-state index is 13.4. The zero-order valence-electron chi connectivity index (χ0n) is 19.4. The number of thiazole rings is 1. The van der Waals surface area contributed by atoms with Gasteiger partial charge in [-0.1, -0.05) is 66.5 Å². The monoisotopic (exact) mass is 498 g/mol. The number of fused-ring (bicyclic) bond motifs is 1. The number of aliphatic hydroxyl groups excluding tert-OH is 1. The van der Waals surface area contributed by atoms with E-state index in [0.717, 1.165) is 4.70 Å². The number of benzene rings is 3. The van der Waals surface area contributed by atoms with Gasteiger partial charge in [-0.15, -0.1) is 0 Å². The van der Waals surface area contributed by atoms with Crippen molar-refractivity contribution in [2.24, 2.45) is 0 Å². The molecule has 5 rings (SSSR count). The molecule has 2 heterocycles. The highest BCUT2D eigenvalue weighted by Gasteiger charge is 2.48. The van der Waals surface area contributed by atoms with Crippen molar-refractivity contribution >= 4 is 44.1 Å². The number of aromatic nitrogens is 1. The van der Waals surface area contributed by atoms with Crippen LogP contribution in [0.2, 0.25) is 0 Å². The number of nitrogens with zero attached hydrogens (tertiary/aromatic N) is 2. The van der Waals surface area contributed by atoms with Crippen molar-refractivity contribution in [2.45, 2.75) is 6.04 Å². The number of carbonyl (C=O) groups excluding carboxylic acids is 2. The van der Waals surface area contributed by atoms with E-state index in [9.17, 15) is 14.7 Å². The van der Waals surface area contributed by atoms with E-state index in [2.05, 4.69) is 11.6 Å². The second-order valence-corrected chi connectivity index (χ2v) is 9.04. The molecule has 7 nitrogen and oxygen atoms in total. The molecular weight excluding hydrogens is 476 g/mol. The molecule has 180 valence electrons. The summed E-state index contributed by atoms with van der Waals surface area (Å²) in [6.45, 7) is 4.00. The van der Waals surface area contributed by atoms with Crippen LogP contribution in [0.1, 0.15) is 17.2 Å². The Balaban J connectivity index is 1.67. The Morgan fingerprint density at radius 3 is 2.50 bits per heavy atom. The third-order valence-corrected chi connectivity index (χ3v) is 6.86. The van der Waals surface area contributed by atoms with E-state index in [1.807, 2.05) is 12.1 Å². The van der Waals surface area contributed by atoms with Gasteiger partial charge in [-0.3, -0.25) is 14.5 Å². The van der Waals surface area contributed by atoms with Crippen LogP contribution in [0.3, 0.4) is 0 Å². The summed E-state index contributed by atoms with van der Waals surface area (Å²) in [5.74, 6) is -0.488. The molecule has 1 aliphatic rings. The lowest BCUT2D eigenvalue weighted by Gasteiger charge is -2.23. The average molecular weight is 499 g/mol. The van der Waals surface area contributed by atoms with Crippen LogP contribution in [0.4, 0.5) is 5.13 Å². The number of Topliss-reactive ketones (excluding diaryl/α,β-unsaturated/α-hetero) is 1. The van der Waals surface area contributed by atoms with E-state index >= 15 is 0 Å². The number of amides is 1. The number of methoxy groups -OCH3 is 1. The highest BCUT2D eigenvalue weighted by molar-refractivity contribution is 7.22. The van der Waals surface area contributed by atoms with E-state index in [1.54, 1.807) is 73.8 Å². The lowest BCUT2D eigenvalue weighted by atomic mass is 9.95. The molecule has 4 aromatic rings. The van der Waals surface area contributed by atoms with Crippen LogP contribution in [-0.4, -0.2) is 35.5 Å². The van der Waals surface area contributed by atoms with Crippen molar-refractivity contribution in [2.75, 3.05) is 18.6 Å². The fraction of sp³-hybridized carbons (Fsp3) is 0.107. The van der Waals surface area contributed by atoms with E-state index in [4.69, 9.17) is 9.47 Å². The molecule has 36 heavy (non-hydrogen) atoms. The van der Waals surface area contributed by atoms with Crippen molar-refractivity contribution in [3.8, 4) is 11.5 Å². The molecule has 0 aliphatic carbocycles. The summed E-state index contributed by atoms with van der Waals surface area (Å²) in [5, 5.41) is 11.5. The summed E-state index contributed by atoms with van der Waals surface area (Å²) in [4.78, 5) is 32.7. The first-order chi connectivity index (χ1) is 17.5. The van der Waals surface area contributed by atoms with Gasteiger partial charge in [0.1, 0.15) is 23.9 Å². The number of carbonyl (C=O) groups is 2. The van der Waals surface area contributed by atoms with Gasteiger partial charge in [-0.05, 0) is 35.9 Å².